The van der Waals surface area contributed by atoms with Gasteiger partial charge in [-0.3, -0.25) is 14.8 Å². The first-order chi connectivity index (χ1) is 34.9. The van der Waals surface area contributed by atoms with Crippen LogP contribution in [0.3, 0.4) is 0 Å². The third kappa shape index (κ3) is 11.6. The Kier molecular flexibility index (Phi) is 15.9. The summed E-state index contributed by atoms with van der Waals surface area (Å²) in [5.74, 6) is -8.42. The first kappa shape index (κ1) is 51.1. The molecule has 0 saturated heterocycles. The summed E-state index contributed by atoms with van der Waals surface area (Å²) in [4.78, 5) is 48.6. The molecule has 0 amide bonds. The number of aromatic carboxylic acids is 1. The van der Waals surface area contributed by atoms with E-state index in [0.29, 0.717) is 28.5 Å². The Labute approximate surface area is 417 Å². The molecular formula is C46H45F9N9O4PS2. The normalized spacial score (nSPS) is 24.9. The molecule has 4 aromatic rings. The number of alkyl halides is 5. The molecule has 2 aromatic heterocycles. The van der Waals surface area contributed by atoms with Crippen molar-refractivity contribution >= 4 is 66.8 Å². The predicted octanol–water partition coefficient (Wildman–Crippen LogP) is 8.68. The van der Waals surface area contributed by atoms with Crippen LogP contribution in [0.25, 0.3) is 0 Å². The van der Waals surface area contributed by atoms with Gasteiger partial charge < -0.3 is 27.1 Å². The molecule has 2 aliphatic heterocycles. The van der Waals surface area contributed by atoms with Gasteiger partial charge in [0.05, 0.1) is 30.0 Å². The number of nitrogens with two attached hydrogens (primary N) is 3. The van der Waals surface area contributed by atoms with E-state index in [2.05, 4.69) is 20.0 Å². The number of ketones is 2. The van der Waals surface area contributed by atoms with Crippen LogP contribution in [0.15, 0.2) is 58.8 Å². The van der Waals surface area contributed by atoms with Gasteiger partial charge in [-0.25, -0.2) is 54.3 Å². The summed E-state index contributed by atoms with van der Waals surface area (Å²) in [6.07, 6.45) is -3.45. The van der Waals surface area contributed by atoms with E-state index in [4.69, 9.17) is 38.0 Å². The van der Waals surface area contributed by atoms with Gasteiger partial charge in [0.2, 0.25) is 0 Å². The number of carboxylic acid groups (broad SMARTS) is 1. The maximum Gasteiger partial charge on any atom is 0.354 e. The number of aliphatic imine (C=N–C) groups is 2. The average molecular weight is 1060 g/mol. The molecule has 2 aliphatic carbocycles. The zero-order chi connectivity index (χ0) is 56.7. The van der Waals surface area contributed by atoms with Gasteiger partial charge in [-0.2, -0.15) is 20.3 Å². The SMILES string of the molecule is C[C@]1(c2cc(N)cc(F)c2F)N=C(N)S[C@@]2(C(F)F)C[C@@H]12.Cc1cc(C#N)cnc1C(=O)Cc1cc(F)c(F)c([C@@]2(CF)N=C(N)S[C@@]3(C(F)F)C[C@@H]23)c1.Cc1cc(C#N)cnc1C(=O)O.[2H]CC(C)=O.[3H]P([3H])[3H]. The quantitative estimate of drug-likeness (QED) is 0.0531. The van der Waals surface area contributed by atoms with Gasteiger partial charge >= 0.3 is 5.97 Å². The molecular weight excluding hydrogens is 1010 g/mol. The molecule has 0 bridgehead atoms. The molecule has 13 nitrogen and oxygen atoms in total. The molecule has 2 aromatic carbocycles. The van der Waals surface area contributed by atoms with Crippen molar-refractivity contribution in [1.29, 1.82) is 14.4 Å². The van der Waals surface area contributed by atoms with Crippen molar-refractivity contribution in [2.24, 2.45) is 33.3 Å². The van der Waals surface area contributed by atoms with E-state index in [0.717, 1.165) is 30.0 Å². The highest BCUT2D eigenvalue weighted by molar-refractivity contribution is 8.15. The summed E-state index contributed by atoms with van der Waals surface area (Å²) < 4.78 is 147. The van der Waals surface area contributed by atoms with E-state index in [1.165, 1.54) is 44.4 Å². The van der Waals surface area contributed by atoms with Crippen molar-refractivity contribution in [2.75, 3.05) is 12.4 Å². The number of nitrogens with zero attached hydrogens (tertiary/aromatic N) is 6. The van der Waals surface area contributed by atoms with E-state index in [9.17, 15) is 53.9 Å². The highest BCUT2D eigenvalue weighted by Gasteiger charge is 2.73. The van der Waals surface area contributed by atoms with Crippen LogP contribution in [0.5, 0.6) is 0 Å². The molecule has 25 heteroatoms. The molecule has 7 N–H and O–H groups in total. The number of nitrogen functional groups attached to an aromatic ring is 1. The highest BCUT2D eigenvalue weighted by atomic mass is 32.2. The number of hydrogen-bond acceptors (Lipinski definition) is 14. The number of amidine groups is 2. The molecule has 378 valence electrons. The van der Waals surface area contributed by atoms with Crippen LogP contribution in [0.1, 0.15) is 94.9 Å². The molecule has 0 spiro atoms. The van der Waals surface area contributed by atoms with Crippen LogP contribution in [-0.4, -0.2) is 75.8 Å². The Morgan fingerprint density at radius 2 is 1.32 bits per heavy atom. The van der Waals surface area contributed by atoms with Crippen LogP contribution in [0.2, 0.25) is 0 Å². The lowest BCUT2D eigenvalue weighted by Gasteiger charge is -2.35. The van der Waals surface area contributed by atoms with Crippen molar-refractivity contribution < 1.29 is 60.4 Å². The topological polar surface area (TPSA) is 248 Å². The lowest BCUT2D eigenvalue weighted by molar-refractivity contribution is -0.115. The monoisotopic (exact) mass is 1060 g/mol. The molecule has 0 unspecified atom stereocenters. The van der Waals surface area contributed by atoms with Gasteiger partial charge in [0.1, 0.15) is 35.8 Å². The molecule has 2 fully saturated rings. The number of carbonyl (C=O) groups is 3. The fourth-order valence-corrected chi connectivity index (χ4v) is 11.0. The van der Waals surface area contributed by atoms with E-state index < -0.39 is 109 Å². The summed E-state index contributed by atoms with van der Waals surface area (Å²) in [6, 6.07) is 10.7. The summed E-state index contributed by atoms with van der Waals surface area (Å²) in [6.45, 7) is 4.62. The standard InChI is InChI=1S/C22H17F5N4OS.C13H13F4N3S.C8H6N2O2.C3H6O.H3P/c1-10-2-12(7-28)8-30-18(10)15(32)5-11-3-13(17(25)14(24)4-11)21(9-23)16-6-22(16,19(26)27)33-20(29)31-21;1-12(6-2-5(18)3-7(14)9(6)15)8-4-13(8,10(16)17)21-11(19)20-12;1-5-2-6(3-9)4-10-7(5)8(11)12;1-3(2)4;/h2-4,8,16,19H,5-6,9H2,1H3,(H2,29,31);2-3,8,10H,4,18H2,1H3,(H2,19,20);2,4H,1H3,(H,11,12);1-2H3;1H3/t16-,21+,22-;8-,12+,13-;;;/m00.../s1/i;;;1D;1T3. The number of aromatic nitrogens is 2. The molecule has 6 atom stereocenters. The lowest BCUT2D eigenvalue weighted by atomic mass is 9.83. The maximum absolute atomic E-state index is 14.9. The number of rotatable bonds is 9. The van der Waals surface area contributed by atoms with Gasteiger partial charge in [0.25, 0.3) is 12.9 Å². The minimum atomic E-state index is -2.87. The van der Waals surface area contributed by atoms with Crippen molar-refractivity contribution in [1.82, 2.24) is 9.97 Å². The summed E-state index contributed by atoms with van der Waals surface area (Å²) in [5, 5.41) is 25.6. The first-order valence-corrected chi connectivity index (χ1v) is 22.1. The minimum absolute atomic E-state index is 0.00239. The molecule has 2 saturated carbocycles. The summed E-state index contributed by atoms with van der Waals surface area (Å²) in [7, 11) is -1.87. The zero-order valence-electron chi connectivity index (χ0n) is 41.7. The van der Waals surface area contributed by atoms with Crippen LogP contribution in [-0.2, 0) is 22.3 Å². The van der Waals surface area contributed by atoms with E-state index >= 15 is 0 Å². The Morgan fingerprint density at radius 3 is 1.80 bits per heavy atom. The summed E-state index contributed by atoms with van der Waals surface area (Å²) in [5.41, 5.74) is 14.3. The van der Waals surface area contributed by atoms with Crippen molar-refractivity contribution in [3.05, 3.63) is 122 Å². The van der Waals surface area contributed by atoms with Crippen molar-refractivity contribution in [3.8, 4) is 12.1 Å². The number of hydrogen-bond donors (Lipinski definition) is 4. The third-order valence-electron chi connectivity index (χ3n) is 11.7. The van der Waals surface area contributed by atoms with Crippen LogP contribution >= 0.6 is 33.3 Å². The number of aryl methyl sites for hydroxylation is 2. The van der Waals surface area contributed by atoms with Crippen LogP contribution in [0, 0.1) is 71.6 Å². The Balaban J connectivity index is 0.000000245. The van der Waals surface area contributed by atoms with Gasteiger partial charge in [0.15, 0.2) is 45.1 Å². The van der Waals surface area contributed by atoms with Crippen LogP contribution < -0.4 is 17.2 Å². The second kappa shape index (κ2) is 22.0. The molecule has 4 heterocycles. The van der Waals surface area contributed by atoms with Gasteiger partial charge in [-0.15, -0.1) is 0 Å². The number of halogens is 9. The van der Waals surface area contributed by atoms with Crippen molar-refractivity contribution in [2.45, 2.75) is 87.3 Å². The number of thioether (sulfide) groups is 2. The number of pyridine rings is 2. The number of nitriles is 2. The Bertz CT molecular complexity index is 3010. The van der Waals surface area contributed by atoms with E-state index in [1.54, 1.807) is 13.8 Å². The van der Waals surface area contributed by atoms with E-state index in [1.807, 2.05) is 12.1 Å². The molecule has 4 aliphatic rings. The fraction of sp³-hybridized carbons (Fsp3) is 0.370. The number of carboxylic acids is 1. The number of anilines is 1. The van der Waals surface area contributed by atoms with Gasteiger partial charge in [-0.05, 0) is 101 Å². The van der Waals surface area contributed by atoms with Gasteiger partial charge in [0, 0.05) is 48.8 Å². The highest BCUT2D eigenvalue weighted by Crippen LogP contribution is 2.69. The molecule has 71 heavy (non-hydrogen) atoms. The lowest BCUT2D eigenvalue weighted by Crippen LogP contribution is -2.42. The Hall–Kier alpha value is -6.23. The maximum atomic E-state index is 14.9. The number of fused-ring (bicyclic) bond motifs is 2. The second-order valence-electron chi connectivity index (χ2n) is 16.7. The zero-order valence-corrected chi connectivity index (χ0v) is 40.2. The van der Waals surface area contributed by atoms with Crippen LogP contribution in [0.4, 0.5) is 45.2 Å². The third-order valence-corrected chi connectivity index (χ3v) is 14.4. The Morgan fingerprint density at radius 1 is 0.845 bits per heavy atom. The number of benzene rings is 2. The number of Topliss-reactive ketones (excluding diaryl/α,β-unsaturated/α-hetero) is 2. The predicted molar refractivity (Wildman–Crippen MR) is 254 cm³/mol. The summed E-state index contributed by atoms with van der Waals surface area (Å²) >= 11 is 1.43. The molecule has 0 radical (unpaired) electrons. The second-order valence-corrected chi connectivity index (χ2v) is 19.5. The van der Waals surface area contributed by atoms with Gasteiger partial charge in [-0.1, -0.05) is 23.5 Å². The number of carbonyl (C=O) groups excluding carboxylic acids is 2. The smallest absolute Gasteiger partial charge is 0.354 e. The largest absolute Gasteiger partial charge is 0.477 e. The fourth-order valence-electron chi connectivity index (χ4n) is 8.37. The van der Waals surface area contributed by atoms with Crippen molar-refractivity contribution in [3.63, 3.8) is 0 Å². The average Bonchev–Trinajstić information content (AvgIpc) is 4.26. The minimum Gasteiger partial charge on any atom is -0.477 e. The van der Waals surface area contributed by atoms with E-state index in [-0.39, 0.29) is 69.6 Å². The first-order valence-electron chi connectivity index (χ1n) is 22.5. The molecule has 8 rings (SSSR count).